The van der Waals surface area contributed by atoms with Crippen molar-refractivity contribution >= 4 is 11.6 Å². The predicted molar refractivity (Wildman–Crippen MR) is 79.3 cm³/mol. The van der Waals surface area contributed by atoms with Gasteiger partial charge in [0.15, 0.2) is 0 Å². The monoisotopic (exact) mass is 311 g/mol. The summed E-state index contributed by atoms with van der Waals surface area (Å²) in [5.74, 6) is 0.582. The maximum Gasteiger partial charge on any atom is 0.416 e. The number of pyridine rings is 1. The fourth-order valence-electron chi connectivity index (χ4n) is 1.97. The summed E-state index contributed by atoms with van der Waals surface area (Å²) in [6.45, 7) is 2.30. The van der Waals surface area contributed by atoms with Gasteiger partial charge in [0.25, 0.3) is 0 Å². The second kappa shape index (κ2) is 6.13. The van der Waals surface area contributed by atoms with Gasteiger partial charge in [0.2, 0.25) is 0 Å². The van der Waals surface area contributed by atoms with Crippen LogP contribution in [0, 0.1) is 0 Å². The van der Waals surface area contributed by atoms with Gasteiger partial charge in [-0.2, -0.15) is 13.2 Å². The zero-order chi connectivity index (χ0) is 16.3. The summed E-state index contributed by atoms with van der Waals surface area (Å²) in [7, 11) is 0. The molecule has 2 rings (SSSR count). The van der Waals surface area contributed by atoms with E-state index in [-0.39, 0.29) is 17.2 Å². The van der Waals surface area contributed by atoms with Gasteiger partial charge in [0.1, 0.15) is 17.4 Å². The highest BCUT2D eigenvalue weighted by Crippen LogP contribution is 2.39. The molecule has 0 radical (unpaired) electrons. The Kier molecular flexibility index (Phi) is 4.44. The van der Waals surface area contributed by atoms with Crippen molar-refractivity contribution in [2.45, 2.75) is 19.5 Å². The van der Waals surface area contributed by atoms with Gasteiger partial charge in [0.05, 0.1) is 12.2 Å². The van der Waals surface area contributed by atoms with Crippen LogP contribution >= 0.6 is 0 Å². The third kappa shape index (κ3) is 3.41. The Bertz CT molecular complexity index is 672. The van der Waals surface area contributed by atoms with E-state index in [9.17, 15) is 13.2 Å². The molecule has 0 fully saturated rings. The van der Waals surface area contributed by atoms with Crippen LogP contribution < -0.4 is 16.2 Å². The average molecular weight is 311 g/mol. The second-order valence-electron chi connectivity index (χ2n) is 4.73. The van der Waals surface area contributed by atoms with Gasteiger partial charge in [-0.05, 0) is 36.8 Å². The van der Waals surface area contributed by atoms with Gasteiger partial charge >= 0.3 is 6.18 Å². The summed E-state index contributed by atoms with van der Waals surface area (Å²) in [5.41, 5.74) is 11.1. The molecule has 4 nitrogen and oxygen atoms in total. The Hall–Kier alpha value is -2.44. The first-order chi connectivity index (χ1) is 10.3. The molecule has 0 atom stereocenters. The summed E-state index contributed by atoms with van der Waals surface area (Å²) >= 11 is 0. The molecule has 118 valence electrons. The number of nitrogen functional groups attached to an aromatic ring is 2. The summed E-state index contributed by atoms with van der Waals surface area (Å²) in [4.78, 5) is 3.88. The number of hydrogen-bond donors (Lipinski definition) is 2. The van der Waals surface area contributed by atoms with Crippen LogP contribution in [0.5, 0.6) is 5.75 Å². The van der Waals surface area contributed by atoms with Crippen molar-refractivity contribution in [3.05, 3.63) is 35.9 Å². The van der Waals surface area contributed by atoms with Crippen molar-refractivity contribution in [2.24, 2.45) is 0 Å². The molecule has 1 aromatic carbocycles. The Balaban J connectivity index is 2.58. The SMILES string of the molecule is CCCOc1ccc(C(F)(F)F)cc1-c1ccc(N)nc1N. The van der Waals surface area contributed by atoms with Crippen LogP contribution in [-0.4, -0.2) is 11.6 Å². The van der Waals surface area contributed by atoms with Crippen molar-refractivity contribution < 1.29 is 17.9 Å². The molecule has 0 saturated carbocycles. The minimum atomic E-state index is -4.45. The van der Waals surface area contributed by atoms with Crippen LogP contribution in [0.15, 0.2) is 30.3 Å². The summed E-state index contributed by atoms with van der Waals surface area (Å²) in [6.07, 6.45) is -3.72. The van der Waals surface area contributed by atoms with Gasteiger partial charge in [-0.25, -0.2) is 4.98 Å². The third-order valence-corrected chi connectivity index (χ3v) is 3.01. The molecule has 0 unspecified atom stereocenters. The standard InChI is InChI=1S/C15H16F3N3O/c1-2-7-22-12-5-3-9(15(16,17)18)8-11(12)10-4-6-13(19)21-14(10)20/h3-6,8H,2,7H2,1H3,(H4,19,20,21). The minimum absolute atomic E-state index is 0.0562. The Labute approximate surface area is 125 Å². The first-order valence-electron chi connectivity index (χ1n) is 6.69. The number of benzene rings is 1. The molecule has 0 saturated heterocycles. The Morgan fingerprint density at radius 1 is 1.09 bits per heavy atom. The van der Waals surface area contributed by atoms with E-state index in [1.54, 1.807) is 0 Å². The normalized spacial score (nSPS) is 11.5. The van der Waals surface area contributed by atoms with Crippen molar-refractivity contribution in [1.82, 2.24) is 4.98 Å². The molecule has 0 bridgehead atoms. The lowest BCUT2D eigenvalue weighted by Gasteiger charge is -2.15. The molecule has 4 N–H and O–H groups in total. The summed E-state index contributed by atoms with van der Waals surface area (Å²) < 4.78 is 44.3. The molecule has 0 aliphatic carbocycles. The molecule has 2 aromatic rings. The minimum Gasteiger partial charge on any atom is -0.493 e. The molecular weight excluding hydrogens is 295 g/mol. The first-order valence-corrected chi connectivity index (χ1v) is 6.69. The number of ether oxygens (including phenoxy) is 1. The smallest absolute Gasteiger partial charge is 0.416 e. The van der Waals surface area contributed by atoms with E-state index in [0.717, 1.165) is 18.6 Å². The van der Waals surface area contributed by atoms with E-state index in [0.29, 0.717) is 17.9 Å². The molecule has 22 heavy (non-hydrogen) atoms. The Morgan fingerprint density at radius 2 is 1.82 bits per heavy atom. The average Bonchev–Trinajstić information content (AvgIpc) is 2.44. The largest absolute Gasteiger partial charge is 0.493 e. The molecular formula is C15H16F3N3O. The van der Waals surface area contributed by atoms with Crippen molar-refractivity contribution in [1.29, 1.82) is 0 Å². The van der Waals surface area contributed by atoms with Gasteiger partial charge in [-0.3, -0.25) is 0 Å². The quantitative estimate of drug-likeness (QED) is 0.902. The van der Waals surface area contributed by atoms with Crippen LogP contribution in [-0.2, 0) is 6.18 Å². The number of halogens is 3. The zero-order valence-electron chi connectivity index (χ0n) is 11.9. The van der Waals surface area contributed by atoms with Crippen LogP contribution in [0.2, 0.25) is 0 Å². The highest BCUT2D eigenvalue weighted by Gasteiger charge is 2.31. The fraction of sp³-hybridized carbons (Fsp3) is 0.267. The number of anilines is 2. The highest BCUT2D eigenvalue weighted by molar-refractivity contribution is 5.80. The number of alkyl halides is 3. The van der Waals surface area contributed by atoms with Crippen LogP contribution in [0.4, 0.5) is 24.8 Å². The van der Waals surface area contributed by atoms with E-state index < -0.39 is 11.7 Å². The summed E-state index contributed by atoms with van der Waals surface area (Å²) in [5, 5.41) is 0. The maximum atomic E-state index is 12.9. The number of nitrogens with zero attached hydrogens (tertiary/aromatic N) is 1. The van der Waals surface area contributed by atoms with Crippen molar-refractivity contribution in [2.75, 3.05) is 18.1 Å². The predicted octanol–water partition coefficient (Wildman–Crippen LogP) is 3.72. The summed E-state index contributed by atoms with van der Waals surface area (Å²) in [6, 6.07) is 6.30. The second-order valence-corrected chi connectivity index (χ2v) is 4.73. The maximum absolute atomic E-state index is 12.9. The van der Waals surface area contributed by atoms with Crippen LogP contribution in [0.1, 0.15) is 18.9 Å². The topological polar surface area (TPSA) is 74.2 Å². The first kappa shape index (κ1) is 15.9. The van der Waals surface area contributed by atoms with E-state index in [4.69, 9.17) is 16.2 Å². The lowest BCUT2D eigenvalue weighted by atomic mass is 10.0. The highest BCUT2D eigenvalue weighted by atomic mass is 19.4. The molecule has 1 aromatic heterocycles. The number of aromatic nitrogens is 1. The van der Waals surface area contributed by atoms with E-state index in [1.807, 2.05) is 6.92 Å². The van der Waals surface area contributed by atoms with Gasteiger partial charge in [-0.15, -0.1) is 0 Å². The van der Waals surface area contributed by atoms with E-state index in [2.05, 4.69) is 4.98 Å². The van der Waals surface area contributed by atoms with Crippen molar-refractivity contribution in [3.8, 4) is 16.9 Å². The third-order valence-electron chi connectivity index (χ3n) is 3.01. The fourth-order valence-corrected chi connectivity index (χ4v) is 1.97. The molecule has 0 amide bonds. The van der Waals surface area contributed by atoms with Gasteiger partial charge < -0.3 is 16.2 Å². The lowest BCUT2D eigenvalue weighted by molar-refractivity contribution is -0.137. The molecule has 0 aliphatic heterocycles. The van der Waals surface area contributed by atoms with E-state index in [1.165, 1.54) is 18.2 Å². The number of hydrogen-bond acceptors (Lipinski definition) is 4. The van der Waals surface area contributed by atoms with Crippen molar-refractivity contribution in [3.63, 3.8) is 0 Å². The van der Waals surface area contributed by atoms with Crippen LogP contribution in [0.25, 0.3) is 11.1 Å². The van der Waals surface area contributed by atoms with Crippen LogP contribution in [0.3, 0.4) is 0 Å². The van der Waals surface area contributed by atoms with Gasteiger partial charge in [0, 0.05) is 11.1 Å². The molecule has 1 heterocycles. The van der Waals surface area contributed by atoms with E-state index >= 15 is 0 Å². The molecule has 7 heteroatoms. The number of nitrogens with two attached hydrogens (primary N) is 2. The Morgan fingerprint density at radius 3 is 2.41 bits per heavy atom. The lowest BCUT2D eigenvalue weighted by Crippen LogP contribution is -2.07. The van der Waals surface area contributed by atoms with Gasteiger partial charge in [-0.1, -0.05) is 6.92 Å². The molecule has 0 spiro atoms. The number of rotatable bonds is 4. The zero-order valence-corrected chi connectivity index (χ0v) is 11.9. The molecule has 0 aliphatic rings.